The summed E-state index contributed by atoms with van der Waals surface area (Å²) in [5.74, 6) is 1.32. The van der Waals surface area contributed by atoms with Gasteiger partial charge in [0.1, 0.15) is 0 Å². The van der Waals surface area contributed by atoms with E-state index in [-0.39, 0.29) is 0 Å². The van der Waals surface area contributed by atoms with Crippen molar-refractivity contribution in [3.05, 3.63) is 47.5 Å². The lowest BCUT2D eigenvalue weighted by molar-refractivity contribution is 0.0298. The Hall–Kier alpha value is -1.12. The molecule has 1 unspecified atom stereocenters. The van der Waals surface area contributed by atoms with Gasteiger partial charge in [0.25, 0.3) is 0 Å². The molecule has 0 heterocycles. The zero-order valence-corrected chi connectivity index (χ0v) is 27.4. The number of hydrogen-bond acceptors (Lipinski definition) is 2. The fourth-order valence-corrected chi connectivity index (χ4v) is 5.53. The summed E-state index contributed by atoms with van der Waals surface area (Å²) in [4.78, 5) is 0. The van der Waals surface area contributed by atoms with Crippen LogP contribution in [0.2, 0.25) is 0 Å². The van der Waals surface area contributed by atoms with E-state index in [0.29, 0.717) is 11.8 Å². The molecule has 2 heteroatoms. The second kappa shape index (κ2) is 28.0. The van der Waals surface area contributed by atoms with Crippen molar-refractivity contribution in [2.45, 2.75) is 156 Å². The summed E-state index contributed by atoms with van der Waals surface area (Å²) in [7, 11) is 0. The summed E-state index contributed by atoms with van der Waals surface area (Å²) in [6, 6.07) is 9.16. The summed E-state index contributed by atoms with van der Waals surface area (Å²) in [6.45, 7) is 12.6. The van der Waals surface area contributed by atoms with E-state index in [1.165, 1.54) is 116 Å². The van der Waals surface area contributed by atoms with E-state index in [9.17, 15) is 0 Å². The highest BCUT2D eigenvalue weighted by molar-refractivity contribution is 5.27. The smallest absolute Gasteiger partial charge is 0.0500 e. The lowest BCUT2D eigenvalue weighted by atomic mass is 9.84. The quantitative estimate of drug-likeness (QED) is 0.0931. The summed E-state index contributed by atoms with van der Waals surface area (Å²) < 4.78 is 11.6. The molecule has 0 radical (unpaired) electrons. The first-order valence-electron chi connectivity index (χ1n) is 17.6. The molecule has 1 aromatic rings. The van der Waals surface area contributed by atoms with Gasteiger partial charge in [0.15, 0.2) is 0 Å². The second-order valence-electron chi connectivity index (χ2n) is 12.1. The van der Waals surface area contributed by atoms with Crippen LogP contribution in [0.1, 0.15) is 154 Å². The van der Waals surface area contributed by atoms with Gasteiger partial charge in [-0.25, -0.2) is 0 Å². The third-order valence-corrected chi connectivity index (χ3v) is 8.38. The first-order valence-corrected chi connectivity index (χ1v) is 17.6. The van der Waals surface area contributed by atoms with Gasteiger partial charge in [-0.2, -0.15) is 0 Å². The minimum absolute atomic E-state index is 0.661. The summed E-state index contributed by atoms with van der Waals surface area (Å²) >= 11 is 0. The third-order valence-electron chi connectivity index (χ3n) is 8.38. The van der Waals surface area contributed by atoms with E-state index in [4.69, 9.17) is 9.47 Å². The van der Waals surface area contributed by atoms with Crippen LogP contribution >= 0.6 is 0 Å². The molecule has 2 atom stereocenters. The fraction of sp³-hybridized carbons (Fsp3) is 0.789. The molecule has 0 aromatic heterocycles. The van der Waals surface area contributed by atoms with Crippen LogP contribution in [0.3, 0.4) is 0 Å². The first kappa shape index (κ1) is 36.9. The van der Waals surface area contributed by atoms with Crippen LogP contribution < -0.4 is 0 Å². The van der Waals surface area contributed by atoms with Gasteiger partial charge in [-0.3, -0.25) is 0 Å². The molecule has 2 rings (SSSR count). The van der Waals surface area contributed by atoms with Crippen molar-refractivity contribution >= 4 is 0 Å². The zero-order chi connectivity index (χ0) is 28.9. The molecule has 2 nitrogen and oxygen atoms in total. The predicted octanol–water partition coefficient (Wildman–Crippen LogP) is 11.7. The maximum Gasteiger partial charge on any atom is 0.0500 e. The fourth-order valence-electron chi connectivity index (χ4n) is 5.53. The Bertz CT molecular complexity index is 625. The largest absolute Gasteiger partial charge is 0.381 e. The number of allylic oxidation sites excluding steroid dienone is 2. The zero-order valence-electron chi connectivity index (χ0n) is 27.4. The second-order valence-corrected chi connectivity index (χ2v) is 12.1. The Morgan fingerprint density at radius 3 is 1.27 bits per heavy atom. The van der Waals surface area contributed by atoms with E-state index in [0.717, 1.165) is 39.3 Å². The van der Waals surface area contributed by atoms with Gasteiger partial charge >= 0.3 is 0 Å². The number of unbranched alkanes of at least 4 members (excludes halogenated alkanes) is 12. The average Bonchev–Trinajstić information content (AvgIpc) is 2.98. The summed E-state index contributed by atoms with van der Waals surface area (Å²) in [5.41, 5.74) is 3.23. The molecule has 232 valence electrons. The standard InChI is InChI=1S/C22H38.C16H30O2/c1-3-5-7-9-11-13-17-21-19-15-16-20-22(21)18-14-12-10-8-6-4-2;1-3-5-11-17-13-15-9-7-8-10-16(15)14-18-12-6-4-2/h15-16,19-20H,3-14,17-18H2,1-2H3;7-8,15-16H,3-6,9-14H2,1-2H3/t;15-,16?/m.1/s1. The van der Waals surface area contributed by atoms with Crippen LogP contribution in [0.4, 0.5) is 0 Å². The molecule has 0 saturated carbocycles. The van der Waals surface area contributed by atoms with Gasteiger partial charge in [0.2, 0.25) is 0 Å². The molecule has 0 amide bonds. The minimum atomic E-state index is 0.661. The molecule has 0 fully saturated rings. The van der Waals surface area contributed by atoms with Crippen molar-refractivity contribution in [1.29, 1.82) is 0 Å². The normalized spacial score (nSPS) is 16.6. The highest BCUT2D eigenvalue weighted by Crippen LogP contribution is 2.26. The van der Waals surface area contributed by atoms with E-state index in [1.54, 1.807) is 11.1 Å². The van der Waals surface area contributed by atoms with Crippen LogP contribution in [0, 0.1) is 11.8 Å². The number of benzene rings is 1. The van der Waals surface area contributed by atoms with E-state index < -0.39 is 0 Å². The predicted molar refractivity (Wildman–Crippen MR) is 177 cm³/mol. The molecule has 0 saturated heterocycles. The maximum atomic E-state index is 5.78. The number of hydrogen-bond donors (Lipinski definition) is 0. The van der Waals surface area contributed by atoms with Gasteiger partial charge in [0.05, 0.1) is 13.2 Å². The highest BCUT2D eigenvalue weighted by atomic mass is 16.5. The number of rotatable bonds is 24. The third kappa shape index (κ3) is 19.9. The van der Waals surface area contributed by atoms with Gasteiger partial charge in [-0.15, -0.1) is 0 Å². The van der Waals surface area contributed by atoms with Crippen LogP contribution in [0.25, 0.3) is 0 Å². The van der Waals surface area contributed by atoms with Gasteiger partial charge in [-0.1, -0.05) is 141 Å². The van der Waals surface area contributed by atoms with Gasteiger partial charge < -0.3 is 9.47 Å². The molecule has 1 aliphatic carbocycles. The SMILES string of the molecule is CCCCCCCCc1ccccc1CCCCCCCC.CCCCOCC1CC=CC[C@@H]1COCCCC. The van der Waals surface area contributed by atoms with Crippen molar-refractivity contribution in [2.75, 3.05) is 26.4 Å². The van der Waals surface area contributed by atoms with E-state index >= 15 is 0 Å². The van der Waals surface area contributed by atoms with E-state index in [1.807, 2.05) is 0 Å². The van der Waals surface area contributed by atoms with Crippen molar-refractivity contribution in [1.82, 2.24) is 0 Å². The Morgan fingerprint density at radius 1 is 0.500 bits per heavy atom. The molecule has 0 N–H and O–H groups in total. The lowest BCUT2D eigenvalue weighted by Gasteiger charge is -2.28. The van der Waals surface area contributed by atoms with Crippen molar-refractivity contribution in [3.8, 4) is 0 Å². The Morgan fingerprint density at radius 2 is 0.875 bits per heavy atom. The number of ether oxygens (including phenoxy) is 2. The molecular formula is C38H68O2. The Labute approximate surface area is 251 Å². The number of aryl methyl sites for hydroxylation is 2. The average molecular weight is 557 g/mol. The molecule has 0 bridgehead atoms. The molecule has 0 aliphatic heterocycles. The van der Waals surface area contributed by atoms with Crippen molar-refractivity contribution in [2.24, 2.45) is 11.8 Å². The Kier molecular flexibility index (Phi) is 25.9. The van der Waals surface area contributed by atoms with E-state index in [2.05, 4.69) is 64.1 Å². The molecule has 40 heavy (non-hydrogen) atoms. The molecular weight excluding hydrogens is 488 g/mol. The van der Waals surface area contributed by atoms with Crippen LogP contribution in [0.15, 0.2) is 36.4 Å². The monoisotopic (exact) mass is 557 g/mol. The molecule has 1 aliphatic rings. The maximum absolute atomic E-state index is 5.78. The lowest BCUT2D eigenvalue weighted by Crippen LogP contribution is -2.26. The molecule has 0 spiro atoms. The van der Waals surface area contributed by atoms with Crippen molar-refractivity contribution < 1.29 is 9.47 Å². The van der Waals surface area contributed by atoms with Gasteiger partial charge in [0, 0.05) is 13.2 Å². The van der Waals surface area contributed by atoms with Crippen molar-refractivity contribution in [3.63, 3.8) is 0 Å². The minimum Gasteiger partial charge on any atom is -0.381 e. The van der Waals surface area contributed by atoms with Crippen LogP contribution in [0.5, 0.6) is 0 Å². The highest BCUT2D eigenvalue weighted by Gasteiger charge is 2.22. The van der Waals surface area contributed by atoms with Gasteiger partial charge in [-0.05, 0) is 74.3 Å². The first-order chi connectivity index (χ1) is 19.8. The topological polar surface area (TPSA) is 18.5 Å². The van der Waals surface area contributed by atoms with Crippen LogP contribution in [-0.4, -0.2) is 26.4 Å². The summed E-state index contributed by atoms with van der Waals surface area (Å²) in [5, 5.41) is 0. The van der Waals surface area contributed by atoms with Crippen LogP contribution in [-0.2, 0) is 22.3 Å². The Balaban J connectivity index is 0.000000408. The molecule has 1 aromatic carbocycles. The summed E-state index contributed by atoms with van der Waals surface area (Å²) in [6.07, 6.45) is 31.1.